The lowest BCUT2D eigenvalue weighted by Gasteiger charge is -2.36. The number of benzene rings is 14. The van der Waals surface area contributed by atoms with Gasteiger partial charge in [-0.15, -0.1) is 11.3 Å². The van der Waals surface area contributed by atoms with Gasteiger partial charge in [-0.1, -0.05) is 324 Å². The zero-order valence-corrected chi connectivity index (χ0v) is 61.8. The van der Waals surface area contributed by atoms with Crippen LogP contribution in [0.1, 0.15) is 86.5 Å². The molecule has 2 saturated carbocycles. The Morgan fingerprint density at radius 2 is 0.609 bits per heavy atom. The molecule has 524 valence electrons. The molecule has 0 atom stereocenters. The van der Waals surface area contributed by atoms with Crippen molar-refractivity contribution in [3.8, 4) is 135 Å². The molecule has 18 aromatic rings. The van der Waals surface area contributed by atoms with Crippen molar-refractivity contribution in [2.75, 3.05) is 0 Å². The quantitative estimate of drug-likeness (QED) is 0.137. The molecule has 0 amide bonds. The Kier molecular flexibility index (Phi) is 16.2. The Balaban J connectivity index is 0.000000140. The average Bonchev–Trinajstić information content (AvgIpc) is 1.56. The van der Waals surface area contributed by atoms with Crippen molar-refractivity contribution in [2.45, 2.75) is 75.0 Å². The Morgan fingerprint density at radius 1 is 0.236 bits per heavy atom. The van der Waals surface area contributed by atoms with Crippen molar-refractivity contribution in [1.29, 1.82) is 0 Å². The molecule has 6 heteroatoms. The topological polar surface area (TPSA) is 64.7 Å². The van der Waals surface area contributed by atoms with Gasteiger partial charge in [-0.25, -0.2) is 19.9 Å². The minimum absolute atomic E-state index is 0.150. The Morgan fingerprint density at radius 3 is 1.12 bits per heavy atom. The van der Waals surface area contributed by atoms with Gasteiger partial charge in [0.05, 0.1) is 22.8 Å². The number of fused-ring (bicyclic) bond motifs is 16. The Bertz CT molecular complexity index is 6170. The van der Waals surface area contributed by atoms with Crippen LogP contribution in [0.2, 0.25) is 0 Å². The summed E-state index contributed by atoms with van der Waals surface area (Å²) in [5, 5.41) is 4.74. The molecule has 0 saturated heterocycles. The standard InChI is InChI=1S/C52H38N2O.C52H38N2S/c2*1-4-13-34(14-5-1)35-21-23-37(24-22-35)51-53-47(36-15-6-2-7-16-36)33-48(54-51)39-26-28-49-44(32-39)42-19-12-18-40(50(42)55-49)38-25-27-46-43(31-38)41-17-8-9-20-45(41)52(46)29-10-3-11-30-52/h2*1-2,4-9,12-28,31-33H,3,10-11,29-30H2. The highest BCUT2D eigenvalue weighted by molar-refractivity contribution is 7.26. The summed E-state index contributed by atoms with van der Waals surface area (Å²) in [6.45, 7) is 0. The van der Waals surface area contributed by atoms with Gasteiger partial charge in [-0.05, 0) is 164 Å². The van der Waals surface area contributed by atoms with Gasteiger partial charge >= 0.3 is 0 Å². The first-order valence-corrected chi connectivity index (χ1v) is 39.9. The molecule has 0 bridgehead atoms. The van der Waals surface area contributed by atoms with E-state index in [2.05, 4.69) is 322 Å². The lowest BCUT2D eigenvalue weighted by molar-refractivity contribution is 0.353. The second kappa shape index (κ2) is 27.2. The normalized spacial score (nSPS) is 14.3. The SMILES string of the molecule is c1ccc(-c2ccc(-c3nc(-c4ccccc4)cc(-c4ccc5oc6c(-c7ccc8c(c7)-c7ccccc7C87CCCCC7)cccc6c5c4)n3)cc2)cc1.c1ccc(-c2ccc(-c3nc(-c4ccccc4)cc(-c4ccc5sc6c(-c7ccc8c(c7)-c7ccccc7C87CCCCC7)cccc6c5c4)n3)cc2)cc1. The molecule has 14 aromatic carbocycles. The number of hydrogen-bond donors (Lipinski definition) is 0. The van der Waals surface area contributed by atoms with Crippen LogP contribution in [0.5, 0.6) is 0 Å². The summed E-state index contributed by atoms with van der Waals surface area (Å²) >= 11 is 1.89. The lowest BCUT2D eigenvalue weighted by atomic mass is 9.68. The fraction of sp³-hybridized carbons (Fsp3) is 0.115. The maximum atomic E-state index is 6.73. The van der Waals surface area contributed by atoms with Crippen molar-refractivity contribution in [1.82, 2.24) is 19.9 Å². The molecule has 0 radical (unpaired) electrons. The second-order valence-electron chi connectivity index (χ2n) is 30.4. The third kappa shape index (κ3) is 11.3. The van der Waals surface area contributed by atoms with Gasteiger partial charge in [0.15, 0.2) is 11.6 Å². The van der Waals surface area contributed by atoms with E-state index in [4.69, 9.17) is 24.4 Å². The van der Waals surface area contributed by atoms with Crippen molar-refractivity contribution in [3.05, 3.63) is 362 Å². The molecule has 110 heavy (non-hydrogen) atoms. The van der Waals surface area contributed by atoms with Gasteiger partial charge < -0.3 is 4.42 Å². The summed E-state index contributed by atoms with van der Waals surface area (Å²) in [5.41, 5.74) is 33.3. The summed E-state index contributed by atoms with van der Waals surface area (Å²) in [5.74, 6) is 1.42. The molecule has 4 aromatic heterocycles. The number of aromatic nitrogens is 4. The van der Waals surface area contributed by atoms with Crippen molar-refractivity contribution in [2.24, 2.45) is 0 Å². The van der Waals surface area contributed by atoms with Crippen LogP contribution in [-0.2, 0) is 10.8 Å². The Hall–Kier alpha value is -12.7. The molecule has 0 N–H and O–H groups in total. The van der Waals surface area contributed by atoms with Crippen LogP contribution in [0.4, 0.5) is 0 Å². The van der Waals surface area contributed by atoms with E-state index in [0.717, 1.165) is 89.5 Å². The summed E-state index contributed by atoms with van der Waals surface area (Å²) in [7, 11) is 0. The number of rotatable bonds is 10. The van der Waals surface area contributed by atoms with Crippen LogP contribution in [0.15, 0.2) is 344 Å². The van der Waals surface area contributed by atoms with E-state index in [9.17, 15) is 0 Å². The molecule has 2 fully saturated rings. The summed E-state index contributed by atoms with van der Waals surface area (Å²) < 4.78 is 9.35. The molecular weight excluding hydrogens is 1350 g/mol. The van der Waals surface area contributed by atoms with E-state index in [1.54, 1.807) is 5.56 Å². The molecule has 4 aliphatic rings. The van der Waals surface area contributed by atoms with Crippen LogP contribution < -0.4 is 0 Å². The van der Waals surface area contributed by atoms with E-state index in [0.29, 0.717) is 5.82 Å². The lowest BCUT2D eigenvalue weighted by Crippen LogP contribution is -2.27. The van der Waals surface area contributed by atoms with Crippen LogP contribution in [-0.4, -0.2) is 19.9 Å². The highest BCUT2D eigenvalue weighted by atomic mass is 32.1. The van der Waals surface area contributed by atoms with Crippen molar-refractivity contribution < 1.29 is 4.42 Å². The monoisotopic (exact) mass is 1430 g/mol. The first-order chi connectivity index (χ1) is 54.4. The van der Waals surface area contributed by atoms with E-state index in [-0.39, 0.29) is 10.8 Å². The number of para-hydroxylation sites is 1. The fourth-order valence-corrected chi connectivity index (χ4v) is 20.1. The number of hydrogen-bond acceptors (Lipinski definition) is 6. The molecule has 4 aliphatic carbocycles. The van der Waals surface area contributed by atoms with Crippen LogP contribution in [0, 0.1) is 0 Å². The van der Waals surface area contributed by atoms with E-state index in [1.165, 1.54) is 162 Å². The molecule has 22 rings (SSSR count). The number of furan rings is 1. The largest absolute Gasteiger partial charge is 0.455 e. The molecule has 5 nitrogen and oxygen atoms in total. The van der Waals surface area contributed by atoms with E-state index >= 15 is 0 Å². The molecular formula is C104H76N4OS. The van der Waals surface area contributed by atoms with Crippen LogP contribution >= 0.6 is 11.3 Å². The Labute approximate surface area is 645 Å². The summed E-state index contributed by atoms with van der Waals surface area (Å²) in [4.78, 5) is 20.6. The van der Waals surface area contributed by atoms with Gasteiger partial charge in [0.25, 0.3) is 0 Å². The van der Waals surface area contributed by atoms with E-state index < -0.39 is 0 Å². The summed E-state index contributed by atoms with van der Waals surface area (Å²) in [6, 6.07) is 123. The predicted octanol–water partition coefficient (Wildman–Crippen LogP) is 28.4. The van der Waals surface area contributed by atoms with Gasteiger partial charge in [0, 0.05) is 80.7 Å². The van der Waals surface area contributed by atoms with E-state index in [1.807, 2.05) is 29.5 Å². The number of thiophene rings is 1. The molecule has 0 unspecified atom stereocenters. The molecule has 4 heterocycles. The smallest absolute Gasteiger partial charge is 0.160 e. The van der Waals surface area contributed by atoms with Crippen molar-refractivity contribution >= 4 is 53.4 Å². The highest BCUT2D eigenvalue weighted by Gasteiger charge is 2.45. The third-order valence-electron chi connectivity index (χ3n) is 24.2. The van der Waals surface area contributed by atoms with Gasteiger partial charge in [0.2, 0.25) is 0 Å². The van der Waals surface area contributed by atoms with Gasteiger partial charge in [-0.3, -0.25) is 0 Å². The average molecular weight is 1430 g/mol. The maximum Gasteiger partial charge on any atom is 0.160 e. The number of nitrogens with zero attached hydrogens (tertiary/aromatic N) is 4. The summed E-state index contributed by atoms with van der Waals surface area (Å²) in [6.07, 6.45) is 12.9. The zero-order chi connectivity index (χ0) is 72.7. The zero-order valence-electron chi connectivity index (χ0n) is 61.0. The third-order valence-corrected chi connectivity index (χ3v) is 25.5. The first kappa shape index (κ1) is 65.5. The molecule has 0 aliphatic heterocycles. The van der Waals surface area contributed by atoms with Crippen LogP contribution in [0.25, 0.3) is 177 Å². The minimum Gasteiger partial charge on any atom is -0.455 e. The minimum atomic E-state index is 0.150. The predicted molar refractivity (Wildman–Crippen MR) is 457 cm³/mol. The molecule has 2 spiro atoms. The maximum absolute atomic E-state index is 6.73. The van der Waals surface area contributed by atoms with Crippen molar-refractivity contribution in [3.63, 3.8) is 0 Å². The highest BCUT2D eigenvalue weighted by Crippen LogP contribution is 2.59. The fourth-order valence-electron chi connectivity index (χ4n) is 18.9. The van der Waals surface area contributed by atoms with Gasteiger partial charge in [0.1, 0.15) is 11.2 Å². The second-order valence-corrected chi connectivity index (χ2v) is 31.5. The van der Waals surface area contributed by atoms with Crippen LogP contribution in [0.3, 0.4) is 0 Å². The first-order valence-electron chi connectivity index (χ1n) is 39.1. The van der Waals surface area contributed by atoms with Gasteiger partial charge in [-0.2, -0.15) is 0 Å².